The van der Waals surface area contributed by atoms with Gasteiger partial charge in [-0.05, 0) is 12.8 Å². The van der Waals surface area contributed by atoms with Crippen molar-refractivity contribution in [3.8, 4) is 0 Å². The molecule has 6 nitrogen and oxygen atoms in total. The number of amides is 1. The van der Waals surface area contributed by atoms with Gasteiger partial charge in [0.2, 0.25) is 5.91 Å². The maximum absolute atomic E-state index is 12.4. The predicted molar refractivity (Wildman–Crippen MR) is 70.7 cm³/mol. The van der Waals surface area contributed by atoms with Gasteiger partial charge in [-0.1, -0.05) is 11.6 Å². The van der Waals surface area contributed by atoms with E-state index >= 15 is 0 Å². The van der Waals surface area contributed by atoms with Gasteiger partial charge in [-0.25, -0.2) is 9.97 Å². The van der Waals surface area contributed by atoms with E-state index in [1.165, 1.54) is 0 Å². The molecule has 1 aliphatic heterocycles. The third-order valence-corrected chi connectivity index (χ3v) is 3.40. The highest BCUT2D eigenvalue weighted by Crippen LogP contribution is 2.26. The first kappa shape index (κ1) is 15.6. The lowest BCUT2D eigenvalue weighted by atomic mass is 10.0. The van der Waals surface area contributed by atoms with Crippen LogP contribution in [0.25, 0.3) is 0 Å². The molecule has 1 saturated heterocycles. The quantitative estimate of drug-likeness (QED) is 0.884. The molecular formula is C11H13ClF3N5O. The molecule has 0 aromatic carbocycles. The highest BCUT2D eigenvalue weighted by atomic mass is 35.5. The number of halogens is 4. The summed E-state index contributed by atoms with van der Waals surface area (Å²) in [5, 5.41) is 2.77. The summed E-state index contributed by atoms with van der Waals surface area (Å²) < 4.78 is 37.2. The van der Waals surface area contributed by atoms with Crippen LogP contribution in [0.15, 0.2) is 6.33 Å². The number of carbonyl (C=O) groups is 1. The Morgan fingerprint density at radius 3 is 2.86 bits per heavy atom. The number of nitrogen functional groups attached to an aromatic ring is 1. The molecule has 1 aliphatic rings. The number of carbonyl (C=O) groups excluding carboxylic acids is 1. The first-order valence-corrected chi connectivity index (χ1v) is 6.54. The van der Waals surface area contributed by atoms with Gasteiger partial charge in [0.15, 0.2) is 5.82 Å². The van der Waals surface area contributed by atoms with E-state index in [4.69, 9.17) is 17.3 Å². The van der Waals surface area contributed by atoms with Crippen LogP contribution >= 0.6 is 11.6 Å². The Labute approximate surface area is 123 Å². The van der Waals surface area contributed by atoms with E-state index in [1.807, 2.05) is 0 Å². The van der Waals surface area contributed by atoms with Crippen molar-refractivity contribution in [1.29, 1.82) is 0 Å². The Balaban J connectivity index is 2.09. The summed E-state index contributed by atoms with van der Waals surface area (Å²) in [5.41, 5.74) is 5.50. The largest absolute Gasteiger partial charge is 0.406 e. The average molecular weight is 324 g/mol. The molecule has 3 N–H and O–H groups in total. The summed E-state index contributed by atoms with van der Waals surface area (Å²) in [6.07, 6.45) is -2.41. The average Bonchev–Trinajstić information content (AvgIpc) is 2.38. The molecule has 1 amide bonds. The molecule has 1 fully saturated rings. The fraction of sp³-hybridized carbons (Fsp3) is 0.545. The van der Waals surface area contributed by atoms with E-state index < -0.39 is 24.7 Å². The number of likely N-dealkylation sites (tertiary alicyclic amines) is 1. The Bertz CT molecular complexity index is 539. The first-order chi connectivity index (χ1) is 9.78. The number of piperidine rings is 1. The smallest absolute Gasteiger partial charge is 0.382 e. The standard InChI is InChI=1S/C11H13ClF3N5O/c12-7-8(16)17-5-18-9(7)19-6-2-1-3-20(10(6)21)4-11(13,14)15/h5-6H,1-4H2,(H3,16,17,18,19)/t6-/m0/s1. The van der Waals surface area contributed by atoms with E-state index in [1.54, 1.807) is 0 Å². The molecule has 1 aromatic heterocycles. The van der Waals surface area contributed by atoms with Crippen molar-refractivity contribution >= 4 is 29.1 Å². The van der Waals surface area contributed by atoms with Crippen molar-refractivity contribution < 1.29 is 18.0 Å². The molecule has 21 heavy (non-hydrogen) atoms. The molecule has 0 aliphatic carbocycles. The van der Waals surface area contributed by atoms with Gasteiger partial charge < -0.3 is 16.0 Å². The number of nitrogens with one attached hydrogen (secondary N) is 1. The first-order valence-electron chi connectivity index (χ1n) is 6.16. The number of hydrogen-bond acceptors (Lipinski definition) is 5. The second-order valence-electron chi connectivity index (χ2n) is 4.64. The number of nitrogens with zero attached hydrogens (tertiary/aromatic N) is 3. The van der Waals surface area contributed by atoms with E-state index in [-0.39, 0.29) is 23.2 Å². The molecule has 0 bridgehead atoms. The highest BCUT2D eigenvalue weighted by molar-refractivity contribution is 6.35. The van der Waals surface area contributed by atoms with E-state index in [9.17, 15) is 18.0 Å². The maximum Gasteiger partial charge on any atom is 0.406 e. The van der Waals surface area contributed by atoms with E-state index in [2.05, 4.69) is 15.3 Å². The van der Waals surface area contributed by atoms with Gasteiger partial charge in [0.25, 0.3) is 0 Å². The summed E-state index contributed by atoms with van der Waals surface area (Å²) in [4.78, 5) is 20.3. The van der Waals surface area contributed by atoms with Crippen molar-refractivity contribution in [1.82, 2.24) is 14.9 Å². The molecule has 2 rings (SSSR count). The van der Waals surface area contributed by atoms with Gasteiger partial charge in [-0.2, -0.15) is 13.2 Å². The molecular weight excluding hydrogens is 311 g/mol. The molecule has 0 unspecified atom stereocenters. The zero-order chi connectivity index (χ0) is 15.6. The van der Waals surface area contributed by atoms with Crippen molar-refractivity contribution in [2.24, 2.45) is 0 Å². The normalized spacial score (nSPS) is 19.7. The molecule has 10 heteroatoms. The van der Waals surface area contributed by atoms with Crippen LogP contribution in [0.2, 0.25) is 5.02 Å². The van der Waals surface area contributed by atoms with Crippen LogP contribution < -0.4 is 11.1 Å². The van der Waals surface area contributed by atoms with Crippen LogP contribution in [-0.2, 0) is 4.79 Å². The molecule has 2 heterocycles. The second-order valence-corrected chi connectivity index (χ2v) is 5.01. The Kier molecular flexibility index (Phi) is 4.40. The molecule has 1 atom stereocenters. The zero-order valence-corrected chi connectivity index (χ0v) is 11.6. The number of nitrogens with two attached hydrogens (primary N) is 1. The molecule has 0 spiro atoms. The lowest BCUT2D eigenvalue weighted by Crippen LogP contribution is -2.50. The van der Waals surface area contributed by atoms with Crippen molar-refractivity contribution in [3.05, 3.63) is 11.3 Å². The van der Waals surface area contributed by atoms with Gasteiger partial charge >= 0.3 is 6.18 Å². The highest BCUT2D eigenvalue weighted by Gasteiger charge is 2.37. The minimum absolute atomic E-state index is 0.0320. The van der Waals surface area contributed by atoms with Crippen LogP contribution in [0, 0.1) is 0 Å². The summed E-state index contributed by atoms with van der Waals surface area (Å²) in [6, 6.07) is -0.812. The number of anilines is 2. The zero-order valence-electron chi connectivity index (χ0n) is 10.8. The SMILES string of the molecule is Nc1ncnc(N[C@H]2CCCN(CC(F)(F)F)C2=O)c1Cl. The second kappa shape index (κ2) is 5.92. The minimum Gasteiger partial charge on any atom is -0.382 e. The lowest BCUT2D eigenvalue weighted by Gasteiger charge is -2.33. The third-order valence-electron chi connectivity index (χ3n) is 3.03. The fourth-order valence-corrected chi connectivity index (χ4v) is 2.25. The van der Waals surface area contributed by atoms with Gasteiger partial charge in [-0.15, -0.1) is 0 Å². The van der Waals surface area contributed by atoms with Crippen LogP contribution in [0.5, 0.6) is 0 Å². The van der Waals surface area contributed by atoms with Gasteiger partial charge in [0, 0.05) is 6.54 Å². The maximum atomic E-state index is 12.4. The monoisotopic (exact) mass is 323 g/mol. The Hall–Kier alpha value is -1.77. The molecule has 0 saturated carbocycles. The van der Waals surface area contributed by atoms with Crippen LogP contribution in [0.1, 0.15) is 12.8 Å². The summed E-state index contributed by atoms with van der Waals surface area (Å²) >= 11 is 5.89. The minimum atomic E-state index is -4.42. The number of alkyl halides is 3. The third kappa shape index (κ3) is 3.87. The topological polar surface area (TPSA) is 84.1 Å². The van der Waals surface area contributed by atoms with Crippen LogP contribution in [0.3, 0.4) is 0 Å². The molecule has 116 valence electrons. The predicted octanol–water partition coefficient (Wildman–Crippen LogP) is 1.68. The van der Waals surface area contributed by atoms with Crippen molar-refractivity contribution in [3.63, 3.8) is 0 Å². The number of rotatable bonds is 3. The van der Waals surface area contributed by atoms with Crippen molar-refractivity contribution in [2.75, 3.05) is 24.1 Å². The summed E-state index contributed by atoms with van der Waals surface area (Å²) in [7, 11) is 0. The van der Waals surface area contributed by atoms with E-state index in [0.29, 0.717) is 12.8 Å². The summed E-state index contributed by atoms with van der Waals surface area (Å²) in [5.74, 6) is -0.465. The molecule has 1 aromatic rings. The van der Waals surface area contributed by atoms with Gasteiger partial charge in [-0.3, -0.25) is 4.79 Å². The van der Waals surface area contributed by atoms with E-state index in [0.717, 1.165) is 11.2 Å². The van der Waals surface area contributed by atoms with Crippen LogP contribution in [0.4, 0.5) is 24.8 Å². The number of hydrogen-bond donors (Lipinski definition) is 2. The molecule has 0 radical (unpaired) electrons. The number of aromatic nitrogens is 2. The summed E-state index contributed by atoms with van der Waals surface area (Å²) in [6.45, 7) is -1.18. The Morgan fingerprint density at radius 2 is 2.19 bits per heavy atom. The van der Waals surface area contributed by atoms with Gasteiger partial charge in [0.1, 0.15) is 29.8 Å². The lowest BCUT2D eigenvalue weighted by molar-refractivity contribution is -0.163. The van der Waals surface area contributed by atoms with Gasteiger partial charge in [0.05, 0.1) is 0 Å². The van der Waals surface area contributed by atoms with Crippen LogP contribution in [-0.4, -0.2) is 46.1 Å². The van der Waals surface area contributed by atoms with Crippen molar-refractivity contribution in [2.45, 2.75) is 25.1 Å². The Morgan fingerprint density at radius 1 is 1.48 bits per heavy atom. The fourth-order valence-electron chi connectivity index (χ4n) is 2.10.